The lowest BCUT2D eigenvalue weighted by Crippen LogP contribution is -2.27. The zero-order valence-electron chi connectivity index (χ0n) is 19.6. The highest BCUT2D eigenvalue weighted by Gasteiger charge is 2.31. The first-order chi connectivity index (χ1) is 16.5. The Hall–Kier alpha value is -3.13. The van der Waals surface area contributed by atoms with Gasteiger partial charge in [0.2, 0.25) is 13.6 Å². The van der Waals surface area contributed by atoms with Crippen molar-refractivity contribution in [2.24, 2.45) is 0 Å². The van der Waals surface area contributed by atoms with Crippen LogP contribution in [0, 0.1) is 0 Å². The van der Waals surface area contributed by atoms with Crippen LogP contribution in [0.25, 0.3) is 0 Å². The van der Waals surface area contributed by atoms with Gasteiger partial charge in [0, 0.05) is 12.6 Å². The molecule has 2 heterocycles. The van der Waals surface area contributed by atoms with Gasteiger partial charge in [0.1, 0.15) is 18.2 Å². The van der Waals surface area contributed by atoms with E-state index < -0.39 is 64.5 Å². The lowest BCUT2D eigenvalue weighted by molar-refractivity contribution is -0.0466. The third-order valence-electron chi connectivity index (χ3n) is 3.80. The van der Waals surface area contributed by atoms with Gasteiger partial charge >= 0.3 is 25.8 Å². The average molecular weight is 521 g/mol. The Morgan fingerprint density at radius 1 is 1.11 bits per heavy atom. The van der Waals surface area contributed by atoms with Crippen LogP contribution in [0.3, 0.4) is 0 Å². The summed E-state index contributed by atoms with van der Waals surface area (Å²) in [5.74, 6) is 0.265. The van der Waals surface area contributed by atoms with E-state index in [-0.39, 0.29) is 18.0 Å². The average Bonchev–Trinajstić information content (AvgIpc) is 3.20. The number of phosphoric acid groups is 1. The molecule has 2 N–H and O–H groups in total. The molecular formula is C19H28N3O12P. The predicted octanol–water partition coefficient (Wildman–Crippen LogP) is 2.82. The number of carbonyl (C=O) groups excluding carboxylic acids is 2. The quantitative estimate of drug-likeness (QED) is 0.240. The monoisotopic (exact) mass is 521 g/mol. The summed E-state index contributed by atoms with van der Waals surface area (Å²) in [5.41, 5.74) is 4.87. The van der Waals surface area contributed by atoms with Gasteiger partial charge in [0.25, 0.3) is 0 Å². The predicted molar refractivity (Wildman–Crippen MR) is 117 cm³/mol. The number of hydrogen-bond donors (Lipinski definition) is 1. The molecule has 1 aromatic rings. The van der Waals surface area contributed by atoms with Crippen molar-refractivity contribution in [3.63, 3.8) is 0 Å². The van der Waals surface area contributed by atoms with Crippen molar-refractivity contribution in [2.75, 3.05) is 25.9 Å². The Labute approximate surface area is 200 Å². The number of aromatic nitrogens is 2. The van der Waals surface area contributed by atoms with Gasteiger partial charge in [-0.25, -0.2) is 28.0 Å². The molecule has 0 radical (unpaired) electrons. The zero-order chi connectivity index (χ0) is 26.0. The van der Waals surface area contributed by atoms with E-state index in [2.05, 4.69) is 14.5 Å². The molecular weight excluding hydrogens is 493 g/mol. The van der Waals surface area contributed by atoms with Gasteiger partial charge in [-0.1, -0.05) is 0 Å². The molecule has 0 amide bonds. The topological polar surface area (TPSA) is 186 Å². The molecule has 196 valence electrons. The molecule has 0 bridgehead atoms. The molecule has 1 unspecified atom stereocenters. The van der Waals surface area contributed by atoms with E-state index in [9.17, 15) is 18.9 Å². The lowest BCUT2D eigenvalue weighted by Gasteiger charge is -2.19. The first-order valence-electron chi connectivity index (χ1n) is 10.4. The lowest BCUT2D eigenvalue weighted by atomic mass is 10.3. The van der Waals surface area contributed by atoms with E-state index in [1.54, 1.807) is 33.8 Å². The van der Waals surface area contributed by atoms with Crippen molar-refractivity contribution >= 4 is 26.0 Å². The Morgan fingerprint density at radius 3 is 2.20 bits per heavy atom. The largest absolute Gasteiger partial charge is 0.510 e. The summed E-state index contributed by atoms with van der Waals surface area (Å²) in [6, 6.07) is 1.43. The van der Waals surface area contributed by atoms with E-state index in [1.807, 2.05) is 0 Å². The fourth-order valence-corrected chi connectivity index (χ4v) is 3.27. The SMILES string of the molecule is CC(C)OC(=O)OCOP(=O)(OCOC(=O)OC(C)C)OCC1=CCC(n2ccc(N)nc2=O)O1. The van der Waals surface area contributed by atoms with Crippen molar-refractivity contribution in [1.29, 1.82) is 0 Å². The first kappa shape index (κ1) is 28.1. The molecule has 0 saturated carbocycles. The van der Waals surface area contributed by atoms with E-state index in [0.717, 1.165) is 0 Å². The van der Waals surface area contributed by atoms with Gasteiger partial charge in [-0.3, -0.25) is 9.09 Å². The Bertz CT molecular complexity index is 977. The Balaban J connectivity index is 1.93. The molecule has 15 nitrogen and oxygen atoms in total. The number of anilines is 1. The van der Waals surface area contributed by atoms with Crippen molar-refractivity contribution < 1.29 is 51.4 Å². The van der Waals surface area contributed by atoms with Crippen LogP contribution in [0.4, 0.5) is 15.4 Å². The molecule has 1 aliphatic rings. The molecule has 35 heavy (non-hydrogen) atoms. The smallest absolute Gasteiger partial charge is 0.472 e. The minimum Gasteiger partial charge on any atom is -0.472 e. The van der Waals surface area contributed by atoms with Crippen molar-refractivity contribution in [3.8, 4) is 0 Å². The summed E-state index contributed by atoms with van der Waals surface area (Å²) in [6.45, 7) is 4.28. The van der Waals surface area contributed by atoms with Crippen LogP contribution >= 0.6 is 7.82 Å². The molecule has 0 spiro atoms. The number of phosphoric ester groups is 1. The third-order valence-corrected chi connectivity index (χ3v) is 5.09. The van der Waals surface area contributed by atoms with Crippen LogP contribution in [-0.4, -0.2) is 54.3 Å². The van der Waals surface area contributed by atoms with Crippen LogP contribution < -0.4 is 11.4 Å². The second-order valence-corrected chi connectivity index (χ2v) is 9.03. The second kappa shape index (κ2) is 13.1. The van der Waals surface area contributed by atoms with E-state index in [1.165, 1.54) is 16.8 Å². The fourth-order valence-electron chi connectivity index (χ4n) is 2.40. The zero-order valence-corrected chi connectivity index (χ0v) is 20.5. The summed E-state index contributed by atoms with van der Waals surface area (Å²) >= 11 is 0. The molecule has 1 aromatic heterocycles. The number of nitrogen functional groups attached to an aromatic ring is 1. The maximum absolute atomic E-state index is 12.9. The summed E-state index contributed by atoms with van der Waals surface area (Å²) in [6.07, 6.45) is -0.485. The number of carbonyl (C=O) groups is 2. The van der Waals surface area contributed by atoms with E-state index in [4.69, 9.17) is 33.5 Å². The number of nitrogens with two attached hydrogens (primary N) is 1. The molecule has 0 aliphatic carbocycles. The number of hydrogen-bond acceptors (Lipinski definition) is 14. The fraction of sp³-hybridized carbons (Fsp3) is 0.579. The van der Waals surface area contributed by atoms with Crippen LogP contribution in [0.15, 0.2) is 28.9 Å². The second-order valence-electron chi connectivity index (χ2n) is 7.36. The molecule has 0 aromatic carbocycles. The van der Waals surface area contributed by atoms with Gasteiger partial charge in [-0.15, -0.1) is 0 Å². The number of rotatable bonds is 12. The highest BCUT2D eigenvalue weighted by molar-refractivity contribution is 7.48. The summed E-state index contributed by atoms with van der Waals surface area (Å²) in [5, 5.41) is 0. The van der Waals surface area contributed by atoms with Gasteiger partial charge in [-0.05, 0) is 39.8 Å². The van der Waals surface area contributed by atoms with Gasteiger partial charge in [0.05, 0.1) is 12.2 Å². The van der Waals surface area contributed by atoms with Crippen molar-refractivity contribution in [3.05, 3.63) is 34.6 Å². The minimum absolute atomic E-state index is 0.0648. The molecule has 0 fully saturated rings. The van der Waals surface area contributed by atoms with Crippen LogP contribution in [0.1, 0.15) is 40.3 Å². The van der Waals surface area contributed by atoms with Crippen LogP contribution in [0.5, 0.6) is 0 Å². The highest BCUT2D eigenvalue weighted by Crippen LogP contribution is 2.50. The Morgan fingerprint density at radius 2 is 1.69 bits per heavy atom. The van der Waals surface area contributed by atoms with Crippen molar-refractivity contribution in [2.45, 2.75) is 52.6 Å². The highest BCUT2D eigenvalue weighted by atomic mass is 31.2. The standard InChI is InChI=1S/C19H28N3O12P/c1-12(2)32-18(24)27-10-30-35(26,31-11-28-19(25)33-13(3)4)29-9-14-5-6-16(34-14)22-8-7-15(20)21-17(22)23/h5,7-8,12-13,16H,6,9-11H2,1-4H3,(H2,20,21,23). The molecule has 1 atom stereocenters. The number of ether oxygens (including phenoxy) is 5. The third kappa shape index (κ3) is 9.94. The summed E-state index contributed by atoms with van der Waals surface area (Å²) in [4.78, 5) is 38.6. The maximum Gasteiger partial charge on any atom is 0.510 e. The molecule has 16 heteroatoms. The van der Waals surface area contributed by atoms with Gasteiger partial charge in [0.15, 0.2) is 6.23 Å². The van der Waals surface area contributed by atoms with Crippen molar-refractivity contribution in [1.82, 2.24) is 9.55 Å². The minimum atomic E-state index is -4.44. The summed E-state index contributed by atoms with van der Waals surface area (Å²) < 4.78 is 53.7. The van der Waals surface area contributed by atoms with E-state index >= 15 is 0 Å². The molecule has 2 rings (SSSR count). The molecule has 1 aliphatic heterocycles. The number of nitrogens with zero attached hydrogens (tertiary/aromatic N) is 2. The van der Waals surface area contributed by atoms with Gasteiger partial charge < -0.3 is 29.4 Å². The normalized spacial score (nSPS) is 15.5. The summed E-state index contributed by atoms with van der Waals surface area (Å²) in [7, 11) is -4.44. The Kier molecular flexibility index (Phi) is 10.5. The molecule has 0 saturated heterocycles. The maximum atomic E-state index is 12.9. The van der Waals surface area contributed by atoms with Crippen LogP contribution in [0.2, 0.25) is 0 Å². The van der Waals surface area contributed by atoms with Gasteiger partial charge in [-0.2, -0.15) is 4.98 Å². The van der Waals surface area contributed by atoms with E-state index in [0.29, 0.717) is 0 Å². The van der Waals surface area contributed by atoms with Crippen LogP contribution in [-0.2, 0) is 41.8 Å². The first-order valence-corrected chi connectivity index (χ1v) is 11.8.